The molecule has 1 aromatic rings. The molecule has 1 atom stereocenters. The highest BCUT2D eigenvalue weighted by Gasteiger charge is 2.27. The van der Waals surface area contributed by atoms with Gasteiger partial charge in [-0.05, 0) is 44.6 Å². The Hall–Kier alpha value is -1.40. The quantitative estimate of drug-likeness (QED) is 0.791. The number of nitrogens with one attached hydrogen (secondary N) is 1. The van der Waals surface area contributed by atoms with Gasteiger partial charge in [-0.25, -0.2) is 4.79 Å². The van der Waals surface area contributed by atoms with Gasteiger partial charge in [-0.2, -0.15) is 0 Å². The molecule has 0 fully saturated rings. The van der Waals surface area contributed by atoms with Gasteiger partial charge in [0.05, 0.1) is 12.7 Å². The average Bonchev–Trinajstić information content (AvgIpc) is 2.97. The maximum Gasteiger partial charge on any atom is 0.341 e. The summed E-state index contributed by atoms with van der Waals surface area (Å²) in [5.41, 5.74) is 7.28. The molecular weight excluding hydrogens is 288 g/mol. The Morgan fingerprint density at radius 2 is 2.19 bits per heavy atom. The summed E-state index contributed by atoms with van der Waals surface area (Å²) >= 11 is 1.50. The molecule has 3 N–H and O–H groups in total. The lowest BCUT2D eigenvalue weighted by molar-refractivity contribution is -0.116. The number of esters is 1. The van der Waals surface area contributed by atoms with Crippen LogP contribution in [0.5, 0.6) is 0 Å². The molecule has 1 aliphatic rings. The van der Waals surface area contributed by atoms with Crippen molar-refractivity contribution in [1.82, 2.24) is 0 Å². The molecule has 1 heterocycles. The molecule has 0 bridgehead atoms. The Balaban J connectivity index is 2.06. The van der Waals surface area contributed by atoms with Crippen LogP contribution in [0.4, 0.5) is 5.00 Å². The summed E-state index contributed by atoms with van der Waals surface area (Å²) in [6, 6.07) is 0.106. The molecule has 6 heteroatoms. The number of methoxy groups -OCH3 is 1. The van der Waals surface area contributed by atoms with Crippen molar-refractivity contribution in [2.45, 2.75) is 51.5 Å². The minimum atomic E-state index is -0.361. The third kappa shape index (κ3) is 3.83. The third-order valence-electron chi connectivity index (χ3n) is 3.63. The Bertz CT molecular complexity index is 537. The molecule has 21 heavy (non-hydrogen) atoms. The number of hydrogen-bond acceptors (Lipinski definition) is 5. The van der Waals surface area contributed by atoms with Crippen LogP contribution < -0.4 is 11.1 Å². The van der Waals surface area contributed by atoms with Crippen LogP contribution in [-0.4, -0.2) is 25.0 Å². The van der Waals surface area contributed by atoms with E-state index in [0.29, 0.717) is 17.0 Å². The number of nitrogens with two attached hydrogens (primary N) is 1. The van der Waals surface area contributed by atoms with E-state index in [-0.39, 0.29) is 17.9 Å². The lowest BCUT2D eigenvalue weighted by Crippen LogP contribution is -2.17. The molecule has 116 valence electrons. The smallest absolute Gasteiger partial charge is 0.341 e. The van der Waals surface area contributed by atoms with Crippen LogP contribution in [-0.2, 0) is 22.4 Å². The molecule has 0 aliphatic heterocycles. The second-order valence-electron chi connectivity index (χ2n) is 5.47. The topological polar surface area (TPSA) is 81.4 Å². The highest BCUT2D eigenvalue weighted by molar-refractivity contribution is 7.17. The molecule has 0 saturated carbocycles. The second kappa shape index (κ2) is 7.04. The number of ether oxygens (including phenoxy) is 1. The number of amides is 1. The number of aryl methyl sites for hydroxylation is 1. The second-order valence-corrected chi connectivity index (χ2v) is 6.58. The van der Waals surface area contributed by atoms with Gasteiger partial charge < -0.3 is 15.8 Å². The van der Waals surface area contributed by atoms with Crippen molar-refractivity contribution in [2.75, 3.05) is 12.4 Å². The zero-order valence-electron chi connectivity index (χ0n) is 12.5. The van der Waals surface area contributed by atoms with Gasteiger partial charge in [-0.15, -0.1) is 11.3 Å². The van der Waals surface area contributed by atoms with E-state index in [9.17, 15) is 9.59 Å². The van der Waals surface area contributed by atoms with Crippen LogP contribution in [0, 0.1) is 0 Å². The van der Waals surface area contributed by atoms with E-state index >= 15 is 0 Å². The van der Waals surface area contributed by atoms with E-state index in [1.165, 1.54) is 23.3 Å². The first-order valence-corrected chi connectivity index (χ1v) is 8.12. The summed E-state index contributed by atoms with van der Waals surface area (Å²) in [6.07, 6.45) is 4.92. The van der Waals surface area contributed by atoms with Crippen LogP contribution in [0.25, 0.3) is 0 Å². The van der Waals surface area contributed by atoms with Crippen molar-refractivity contribution < 1.29 is 14.3 Å². The summed E-state index contributed by atoms with van der Waals surface area (Å²) in [6.45, 7) is 1.93. The molecule has 2 rings (SSSR count). The van der Waals surface area contributed by atoms with Crippen LogP contribution in [0.3, 0.4) is 0 Å². The first-order valence-electron chi connectivity index (χ1n) is 7.31. The largest absolute Gasteiger partial charge is 0.465 e. The molecule has 1 amide bonds. The van der Waals surface area contributed by atoms with Crippen LogP contribution in [0.2, 0.25) is 0 Å². The van der Waals surface area contributed by atoms with Gasteiger partial charge in [0.25, 0.3) is 0 Å². The maximum absolute atomic E-state index is 12.0. The first kappa shape index (κ1) is 16.0. The number of carbonyl (C=O) groups excluding carboxylic acids is 2. The van der Waals surface area contributed by atoms with E-state index in [2.05, 4.69) is 5.32 Å². The van der Waals surface area contributed by atoms with Gasteiger partial charge in [0.2, 0.25) is 5.91 Å². The summed E-state index contributed by atoms with van der Waals surface area (Å²) in [4.78, 5) is 25.1. The van der Waals surface area contributed by atoms with Gasteiger partial charge in [0.1, 0.15) is 5.00 Å². The van der Waals surface area contributed by atoms with Gasteiger partial charge in [-0.1, -0.05) is 0 Å². The standard InChI is InChI=1S/C15H22N2O3S/c1-9(16)5-3-8-12(18)17-14-13(15(19)20-2)10-6-4-7-11(10)21-14/h9H,3-8,16H2,1-2H3,(H,17,18). The molecule has 0 aromatic carbocycles. The predicted octanol–water partition coefficient (Wildman–Crippen LogP) is 2.48. The molecule has 0 spiro atoms. The van der Waals surface area contributed by atoms with E-state index in [1.807, 2.05) is 6.92 Å². The summed E-state index contributed by atoms with van der Waals surface area (Å²) in [7, 11) is 1.37. The Morgan fingerprint density at radius 1 is 1.43 bits per heavy atom. The van der Waals surface area contributed by atoms with Crippen LogP contribution in [0.1, 0.15) is 53.4 Å². The highest BCUT2D eigenvalue weighted by Crippen LogP contribution is 2.39. The lowest BCUT2D eigenvalue weighted by Gasteiger charge is -2.08. The van der Waals surface area contributed by atoms with Crippen molar-refractivity contribution in [3.8, 4) is 0 Å². The van der Waals surface area contributed by atoms with Crippen LogP contribution in [0.15, 0.2) is 0 Å². The van der Waals surface area contributed by atoms with E-state index in [0.717, 1.165) is 37.7 Å². The van der Waals surface area contributed by atoms with Gasteiger partial charge in [-0.3, -0.25) is 4.79 Å². The first-order chi connectivity index (χ1) is 10.0. The fourth-order valence-electron chi connectivity index (χ4n) is 2.58. The molecule has 1 aliphatic carbocycles. The number of anilines is 1. The Kier molecular flexibility index (Phi) is 5.36. The predicted molar refractivity (Wildman–Crippen MR) is 83.8 cm³/mol. The zero-order chi connectivity index (χ0) is 15.4. The number of fused-ring (bicyclic) bond motifs is 1. The number of rotatable bonds is 6. The number of carbonyl (C=O) groups is 2. The Morgan fingerprint density at radius 3 is 2.86 bits per heavy atom. The normalized spacial score (nSPS) is 14.6. The van der Waals surface area contributed by atoms with Crippen molar-refractivity contribution in [3.63, 3.8) is 0 Å². The highest BCUT2D eigenvalue weighted by atomic mass is 32.1. The van der Waals surface area contributed by atoms with E-state index in [4.69, 9.17) is 10.5 Å². The van der Waals surface area contributed by atoms with E-state index in [1.54, 1.807) is 0 Å². The maximum atomic E-state index is 12.0. The van der Waals surface area contributed by atoms with Gasteiger partial charge >= 0.3 is 5.97 Å². The summed E-state index contributed by atoms with van der Waals surface area (Å²) in [5, 5.41) is 3.50. The van der Waals surface area contributed by atoms with E-state index < -0.39 is 0 Å². The molecule has 0 saturated heterocycles. The molecule has 1 unspecified atom stereocenters. The van der Waals surface area contributed by atoms with Crippen molar-refractivity contribution in [2.24, 2.45) is 5.73 Å². The third-order valence-corrected chi connectivity index (χ3v) is 4.83. The zero-order valence-corrected chi connectivity index (χ0v) is 13.3. The fourth-order valence-corrected chi connectivity index (χ4v) is 3.88. The number of hydrogen-bond donors (Lipinski definition) is 2. The summed E-state index contributed by atoms with van der Waals surface area (Å²) < 4.78 is 4.85. The SMILES string of the molecule is COC(=O)c1c(NC(=O)CCCC(C)N)sc2c1CCC2. The van der Waals surface area contributed by atoms with Crippen molar-refractivity contribution in [3.05, 3.63) is 16.0 Å². The van der Waals surface area contributed by atoms with Crippen molar-refractivity contribution >= 4 is 28.2 Å². The Labute approximate surface area is 128 Å². The van der Waals surface area contributed by atoms with Gasteiger partial charge in [0, 0.05) is 17.3 Å². The fraction of sp³-hybridized carbons (Fsp3) is 0.600. The van der Waals surface area contributed by atoms with Crippen molar-refractivity contribution in [1.29, 1.82) is 0 Å². The average molecular weight is 310 g/mol. The van der Waals surface area contributed by atoms with Crippen LogP contribution >= 0.6 is 11.3 Å². The minimum Gasteiger partial charge on any atom is -0.465 e. The number of thiophene rings is 1. The van der Waals surface area contributed by atoms with Gasteiger partial charge in [0.15, 0.2) is 0 Å². The monoisotopic (exact) mass is 310 g/mol. The molecular formula is C15H22N2O3S. The molecule has 5 nitrogen and oxygen atoms in total. The molecule has 0 radical (unpaired) electrons. The summed E-state index contributed by atoms with van der Waals surface area (Å²) in [5.74, 6) is -0.430. The lowest BCUT2D eigenvalue weighted by atomic mass is 10.1. The molecule has 1 aromatic heterocycles. The minimum absolute atomic E-state index is 0.0688.